The molecule has 1 aliphatic heterocycles. The molecule has 0 saturated carbocycles. The molecule has 2 N–H and O–H groups in total. The van der Waals surface area contributed by atoms with Gasteiger partial charge in [0.2, 0.25) is 0 Å². The van der Waals surface area contributed by atoms with E-state index >= 15 is 0 Å². The van der Waals surface area contributed by atoms with Crippen molar-refractivity contribution in [2.75, 3.05) is 23.7 Å². The van der Waals surface area contributed by atoms with Gasteiger partial charge in [-0.25, -0.2) is 0 Å². The maximum atomic E-state index is 12.8. The number of piperidine rings is 1. The first-order chi connectivity index (χ1) is 8.38. The largest absolute Gasteiger partial charge is 0.397 e. The van der Waals surface area contributed by atoms with Gasteiger partial charge in [0.1, 0.15) is 0 Å². The summed E-state index contributed by atoms with van der Waals surface area (Å²) < 4.78 is 38.3. The third-order valence-corrected chi connectivity index (χ3v) is 3.41. The first-order valence-corrected chi connectivity index (χ1v) is 6.05. The fourth-order valence-corrected chi connectivity index (χ4v) is 2.39. The molecule has 0 bridgehead atoms. The lowest BCUT2D eigenvalue weighted by atomic mass is 9.96. The van der Waals surface area contributed by atoms with Crippen molar-refractivity contribution in [2.24, 2.45) is 5.92 Å². The first kappa shape index (κ1) is 13.1. The number of hydrogen-bond acceptors (Lipinski definition) is 2. The summed E-state index contributed by atoms with van der Waals surface area (Å²) in [7, 11) is 0. The van der Waals surface area contributed by atoms with Gasteiger partial charge in [0, 0.05) is 13.1 Å². The van der Waals surface area contributed by atoms with Crippen LogP contribution in [0.4, 0.5) is 24.5 Å². The van der Waals surface area contributed by atoms with Crippen molar-refractivity contribution < 1.29 is 13.2 Å². The van der Waals surface area contributed by atoms with E-state index in [-0.39, 0.29) is 13.0 Å². The highest BCUT2D eigenvalue weighted by Gasteiger charge is 2.42. The van der Waals surface area contributed by atoms with E-state index in [1.807, 2.05) is 19.1 Å². The van der Waals surface area contributed by atoms with Crippen molar-refractivity contribution in [3.05, 3.63) is 23.8 Å². The van der Waals surface area contributed by atoms with Crippen LogP contribution in [0.2, 0.25) is 0 Å². The van der Waals surface area contributed by atoms with E-state index in [1.54, 1.807) is 11.0 Å². The third kappa shape index (κ3) is 2.71. The molecule has 2 rings (SSSR count). The molecule has 100 valence electrons. The fourth-order valence-electron chi connectivity index (χ4n) is 2.39. The molecule has 1 aromatic rings. The first-order valence-electron chi connectivity index (χ1n) is 6.05. The molecule has 1 unspecified atom stereocenters. The van der Waals surface area contributed by atoms with Crippen molar-refractivity contribution in [3.63, 3.8) is 0 Å². The highest BCUT2D eigenvalue weighted by molar-refractivity contribution is 5.68. The van der Waals surface area contributed by atoms with E-state index in [9.17, 15) is 13.2 Å². The Bertz CT molecular complexity index is 429. The predicted octanol–water partition coefficient (Wildman–Crippen LogP) is 3.36. The minimum absolute atomic E-state index is 0.0111. The number of aryl methyl sites for hydroxylation is 1. The molecule has 18 heavy (non-hydrogen) atoms. The number of hydrogen-bond donors (Lipinski definition) is 1. The predicted molar refractivity (Wildman–Crippen MR) is 66.6 cm³/mol. The van der Waals surface area contributed by atoms with Gasteiger partial charge in [0.15, 0.2) is 0 Å². The van der Waals surface area contributed by atoms with Gasteiger partial charge in [0.25, 0.3) is 0 Å². The molecule has 1 aromatic carbocycles. The summed E-state index contributed by atoms with van der Waals surface area (Å²) in [4.78, 5) is 1.75. The van der Waals surface area contributed by atoms with Crippen LogP contribution in [0.15, 0.2) is 18.2 Å². The number of halogens is 3. The summed E-state index contributed by atoms with van der Waals surface area (Å²) in [5.41, 5.74) is 8.13. The maximum Gasteiger partial charge on any atom is 0.393 e. The summed E-state index contributed by atoms with van der Waals surface area (Å²) in [5.74, 6) is -1.24. The van der Waals surface area contributed by atoms with Crippen LogP contribution in [0.5, 0.6) is 0 Å². The monoisotopic (exact) mass is 258 g/mol. The zero-order valence-corrected chi connectivity index (χ0v) is 10.3. The van der Waals surface area contributed by atoms with Crippen molar-refractivity contribution in [3.8, 4) is 0 Å². The Hall–Kier alpha value is -1.39. The van der Waals surface area contributed by atoms with E-state index in [0.717, 1.165) is 11.3 Å². The third-order valence-electron chi connectivity index (χ3n) is 3.41. The quantitative estimate of drug-likeness (QED) is 0.783. The highest BCUT2D eigenvalue weighted by Crippen LogP contribution is 2.36. The number of rotatable bonds is 1. The van der Waals surface area contributed by atoms with Gasteiger partial charge in [-0.1, -0.05) is 6.07 Å². The van der Waals surface area contributed by atoms with Crippen LogP contribution in [-0.2, 0) is 0 Å². The van der Waals surface area contributed by atoms with Crippen LogP contribution in [-0.4, -0.2) is 19.3 Å². The highest BCUT2D eigenvalue weighted by atomic mass is 19.4. The van der Waals surface area contributed by atoms with Crippen molar-refractivity contribution in [1.82, 2.24) is 0 Å². The van der Waals surface area contributed by atoms with E-state index < -0.39 is 12.1 Å². The van der Waals surface area contributed by atoms with Crippen LogP contribution in [0.3, 0.4) is 0 Å². The summed E-state index contributed by atoms with van der Waals surface area (Å²) in [6.07, 6.45) is -3.35. The summed E-state index contributed by atoms with van der Waals surface area (Å²) >= 11 is 0. The molecule has 5 heteroatoms. The van der Waals surface area contributed by atoms with Gasteiger partial charge in [-0.2, -0.15) is 13.2 Å². The number of nitrogen functional groups attached to an aromatic ring is 1. The van der Waals surface area contributed by atoms with E-state index in [0.29, 0.717) is 18.7 Å². The second-order valence-electron chi connectivity index (χ2n) is 4.89. The molecule has 1 fully saturated rings. The zero-order chi connectivity index (χ0) is 13.3. The second-order valence-corrected chi connectivity index (χ2v) is 4.89. The number of nitrogens with zero attached hydrogens (tertiary/aromatic N) is 1. The lowest BCUT2D eigenvalue weighted by Crippen LogP contribution is -2.42. The summed E-state index contributed by atoms with van der Waals surface area (Å²) in [6.45, 7) is 2.56. The molecule has 0 aromatic heterocycles. The SMILES string of the molecule is Cc1ccc(N)c(N2CCCC(C(F)(F)F)C2)c1. The van der Waals surface area contributed by atoms with Crippen molar-refractivity contribution in [1.29, 1.82) is 0 Å². The van der Waals surface area contributed by atoms with Crippen LogP contribution in [0, 0.1) is 12.8 Å². The summed E-state index contributed by atoms with van der Waals surface area (Å²) in [5, 5.41) is 0. The molecule has 0 radical (unpaired) electrons. The lowest BCUT2D eigenvalue weighted by Gasteiger charge is -2.36. The number of nitrogens with two attached hydrogens (primary N) is 1. The van der Waals surface area contributed by atoms with Gasteiger partial charge in [-0.3, -0.25) is 0 Å². The Morgan fingerprint density at radius 1 is 1.33 bits per heavy atom. The number of alkyl halides is 3. The molecule has 0 amide bonds. The van der Waals surface area contributed by atoms with Gasteiger partial charge < -0.3 is 10.6 Å². The standard InChI is InChI=1S/C13H17F3N2/c1-9-4-5-11(17)12(7-9)18-6-2-3-10(8-18)13(14,15)16/h4-5,7,10H,2-3,6,8,17H2,1H3. The smallest absolute Gasteiger partial charge is 0.393 e. The van der Waals surface area contributed by atoms with Gasteiger partial charge in [0.05, 0.1) is 17.3 Å². The molecular formula is C13H17F3N2. The van der Waals surface area contributed by atoms with E-state index in [1.165, 1.54) is 0 Å². The molecule has 1 saturated heterocycles. The Morgan fingerprint density at radius 2 is 2.06 bits per heavy atom. The van der Waals surface area contributed by atoms with Gasteiger partial charge in [-0.15, -0.1) is 0 Å². The minimum Gasteiger partial charge on any atom is -0.397 e. The molecule has 0 aliphatic carbocycles. The Morgan fingerprint density at radius 3 is 2.72 bits per heavy atom. The number of anilines is 2. The van der Waals surface area contributed by atoms with Crippen molar-refractivity contribution in [2.45, 2.75) is 25.9 Å². The van der Waals surface area contributed by atoms with Crippen LogP contribution < -0.4 is 10.6 Å². The zero-order valence-electron chi connectivity index (χ0n) is 10.3. The van der Waals surface area contributed by atoms with E-state index in [4.69, 9.17) is 5.73 Å². The Balaban J connectivity index is 2.21. The van der Waals surface area contributed by atoms with Crippen molar-refractivity contribution >= 4 is 11.4 Å². The fraction of sp³-hybridized carbons (Fsp3) is 0.538. The van der Waals surface area contributed by atoms with Gasteiger partial charge in [-0.05, 0) is 37.5 Å². The molecule has 0 spiro atoms. The average Bonchev–Trinajstić information content (AvgIpc) is 2.31. The Kier molecular flexibility index (Phi) is 3.41. The number of benzene rings is 1. The maximum absolute atomic E-state index is 12.8. The van der Waals surface area contributed by atoms with Crippen LogP contribution in [0.1, 0.15) is 18.4 Å². The van der Waals surface area contributed by atoms with Gasteiger partial charge >= 0.3 is 6.18 Å². The second kappa shape index (κ2) is 4.71. The topological polar surface area (TPSA) is 29.3 Å². The molecule has 1 atom stereocenters. The summed E-state index contributed by atoms with van der Waals surface area (Å²) in [6, 6.07) is 5.47. The van der Waals surface area contributed by atoms with Crippen LogP contribution in [0.25, 0.3) is 0 Å². The lowest BCUT2D eigenvalue weighted by molar-refractivity contribution is -0.175. The molecule has 2 nitrogen and oxygen atoms in total. The van der Waals surface area contributed by atoms with E-state index in [2.05, 4.69) is 0 Å². The van der Waals surface area contributed by atoms with Crippen LogP contribution >= 0.6 is 0 Å². The molecular weight excluding hydrogens is 241 g/mol. The Labute approximate surface area is 105 Å². The molecule has 1 aliphatic rings. The molecule has 1 heterocycles. The average molecular weight is 258 g/mol. The normalized spacial score (nSPS) is 21.1. The minimum atomic E-state index is -4.11.